The van der Waals surface area contributed by atoms with E-state index in [-0.39, 0.29) is 24.3 Å². The van der Waals surface area contributed by atoms with E-state index in [2.05, 4.69) is 25.3 Å². The van der Waals surface area contributed by atoms with Gasteiger partial charge in [-0.15, -0.1) is 0 Å². The van der Waals surface area contributed by atoms with Crippen molar-refractivity contribution in [1.82, 2.24) is 24.9 Å². The first-order valence-electron chi connectivity index (χ1n) is 9.20. The zero-order chi connectivity index (χ0) is 19.7. The Balaban J connectivity index is 1.65. The Hall–Kier alpha value is -3.07. The number of hydrogen-bond donors (Lipinski definition) is 2. The summed E-state index contributed by atoms with van der Waals surface area (Å²) < 4.78 is 15.2. The van der Waals surface area contributed by atoms with Crippen LogP contribution in [0.5, 0.6) is 0 Å². The van der Waals surface area contributed by atoms with Crippen molar-refractivity contribution in [2.75, 3.05) is 18.0 Å². The average Bonchev–Trinajstić information content (AvgIpc) is 3.32. The molecule has 0 radical (unpaired) electrons. The Morgan fingerprint density at radius 2 is 2.29 bits per heavy atom. The number of nitrogens with zero attached hydrogens (tertiary/aromatic N) is 5. The zero-order valence-corrected chi connectivity index (χ0v) is 15.4. The van der Waals surface area contributed by atoms with Crippen molar-refractivity contribution in [3.05, 3.63) is 53.9 Å². The summed E-state index contributed by atoms with van der Waals surface area (Å²) in [5.41, 5.74) is 1.58. The predicted molar refractivity (Wildman–Crippen MR) is 101 cm³/mol. The van der Waals surface area contributed by atoms with Crippen molar-refractivity contribution >= 4 is 17.4 Å². The van der Waals surface area contributed by atoms with E-state index in [9.17, 15) is 14.3 Å². The molecule has 4 rings (SSSR count). The van der Waals surface area contributed by atoms with Crippen molar-refractivity contribution in [2.24, 2.45) is 0 Å². The van der Waals surface area contributed by atoms with Crippen LogP contribution in [-0.2, 0) is 0 Å². The molecule has 28 heavy (non-hydrogen) atoms. The molecule has 0 aliphatic carbocycles. The largest absolute Gasteiger partial charge is 0.392 e. The summed E-state index contributed by atoms with van der Waals surface area (Å²) in [6.45, 7) is 2.53. The Morgan fingerprint density at radius 1 is 1.43 bits per heavy atom. The standard InChI is InChI=1S/C19H21FN6O2/c1-12(27)8-22-19(28)15-11-23-26-6-4-17(24-18(15)26)25-5-2-3-16(25)13-7-14(20)10-21-9-13/h4,6-7,9-12,16,27H,2-3,5,8H2,1H3,(H,22,28)/t12-,16?/m1/s1. The second-order valence-electron chi connectivity index (χ2n) is 6.96. The molecule has 1 amide bonds. The lowest BCUT2D eigenvalue weighted by atomic mass is 10.1. The Labute approximate surface area is 161 Å². The van der Waals surface area contributed by atoms with Gasteiger partial charge in [-0.05, 0) is 37.5 Å². The van der Waals surface area contributed by atoms with Crippen LogP contribution in [0.3, 0.4) is 0 Å². The number of carbonyl (C=O) groups is 1. The van der Waals surface area contributed by atoms with Crippen LogP contribution in [0.4, 0.5) is 10.2 Å². The lowest BCUT2D eigenvalue weighted by Crippen LogP contribution is -2.30. The number of amides is 1. The Morgan fingerprint density at radius 3 is 3.07 bits per heavy atom. The lowest BCUT2D eigenvalue weighted by Gasteiger charge is -2.26. The maximum Gasteiger partial charge on any atom is 0.256 e. The summed E-state index contributed by atoms with van der Waals surface area (Å²) in [5.74, 6) is -0.00203. The van der Waals surface area contributed by atoms with Gasteiger partial charge in [0.1, 0.15) is 17.2 Å². The Bertz CT molecular complexity index is 1010. The first-order chi connectivity index (χ1) is 13.5. The highest BCUT2D eigenvalue weighted by molar-refractivity contribution is 5.99. The fraction of sp³-hybridized carbons (Fsp3) is 0.368. The van der Waals surface area contributed by atoms with E-state index in [1.807, 2.05) is 6.07 Å². The highest BCUT2D eigenvalue weighted by Crippen LogP contribution is 2.35. The number of pyridine rings is 1. The number of rotatable bonds is 5. The van der Waals surface area contributed by atoms with E-state index in [1.54, 1.807) is 19.3 Å². The second-order valence-corrected chi connectivity index (χ2v) is 6.96. The van der Waals surface area contributed by atoms with Crippen LogP contribution in [0.1, 0.15) is 41.7 Å². The Kier molecular flexibility index (Phi) is 4.91. The summed E-state index contributed by atoms with van der Waals surface area (Å²) in [7, 11) is 0. The van der Waals surface area contributed by atoms with Gasteiger partial charge in [-0.3, -0.25) is 9.78 Å². The summed E-state index contributed by atoms with van der Waals surface area (Å²) in [6, 6.07) is 3.32. The van der Waals surface area contributed by atoms with Crippen LogP contribution in [0, 0.1) is 5.82 Å². The van der Waals surface area contributed by atoms with Gasteiger partial charge in [0.15, 0.2) is 5.65 Å². The highest BCUT2D eigenvalue weighted by atomic mass is 19.1. The fourth-order valence-electron chi connectivity index (χ4n) is 3.51. The number of fused-ring (bicyclic) bond motifs is 1. The number of hydrogen-bond acceptors (Lipinski definition) is 6. The number of aromatic nitrogens is 4. The molecule has 0 saturated carbocycles. The normalized spacial score (nSPS) is 17.8. The number of halogens is 1. The molecule has 3 aromatic rings. The zero-order valence-electron chi connectivity index (χ0n) is 15.4. The average molecular weight is 384 g/mol. The molecule has 0 bridgehead atoms. The molecule has 4 heterocycles. The molecule has 0 spiro atoms. The van der Waals surface area contributed by atoms with Crippen LogP contribution < -0.4 is 10.2 Å². The molecular formula is C19H21FN6O2. The van der Waals surface area contributed by atoms with Gasteiger partial charge in [0, 0.05) is 25.5 Å². The first-order valence-corrected chi connectivity index (χ1v) is 9.20. The smallest absolute Gasteiger partial charge is 0.256 e. The van der Waals surface area contributed by atoms with Crippen molar-refractivity contribution in [1.29, 1.82) is 0 Å². The summed E-state index contributed by atoms with van der Waals surface area (Å²) in [4.78, 5) is 23.1. The van der Waals surface area contributed by atoms with Gasteiger partial charge in [0.25, 0.3) is 5.91 Å². The van der Waals surface area contributed by atoms with Crippen molar-refractivity contribution in [3.8, 4) is 0 Å². The molecule has 1 saturated heterocycles. The molecule has 9 heteroatoms. The van der Waals surface area contributed by atoms with Crippen molar-refractivity contribution < 1.29 is 14.3 Å². The van der Waals surface area contributed by atoms with Crippen molar-refractivity contribution in [2.45, 2.75) is 31.9 Å². The maximum absolute atomic E-state index is 13.6. The summed E-state index contributed by atoms with van der Waals surface area (Å²) >= 11 is 0. The molecule has 2 atom stereocenters. The monoisotopic (exact) mass is 384 g/mol. The van der Waals surface area contributed by atoms with E-state index in [0.717, 1.165) is 24.9 Å². The van der Waals surface area contributed by atoms with Crippen LogP contribution >= 0.6 is 0 Å². The van der Waals surface area contributed by atoms with Crippen molar-refractivity contribution in [3.63, 3.8) is 0 Å². The minimum atomic E-state index is -0.639. The SMILES string of the molecule is C[C@@H](O)CNC(=O)c1cnn2ccc(N3CCCC3c3cncc(F)c3)nc12. The molecule has 0 aromatic carbocycles. The third kappa shape index (κ3) is 3.53. The first kappa shape index (κ1) is 18.3. The topological polar surface area (TPSA) is 95.6 Å². The van der Waals surface area contributed by atoms with Crippen LogP contribution in [-0.4, -0.2) is 49.8 Å². The number of aliphatic hydroxyl groups is 1. The van der Waals surface area contributed by atoms with Gasteiger partial charge in [-0.25, -0.2) is 13.9 Å². The third-order valence-electron chi connectivity index (χ3n) is 4.81. The van der Waals surface area contributed by atoms with Crippen LogP contribution in [0.25, 0.3) is 5.65 Å². The minimum Gasteiger partial charge on any atom is -0.392 e. The molecule has 8 nitrogen and oxygen atoms in total. The van der Waals surface area contributed by atoms with Gasteiger partial charge in [-0.1, -0.05) is 0 Å². The summed E-state index contributed by atoms with van der Waals surface area (Å²) in [5, 5.41) is 16.2. The van der Waals surface area contributed by atoms with E-state index in [4.69, 9.17) is 0 Å². The van der Waals surface area contributed by atoms with Gasteiger partial charge >= 0.3 is 0 Å². The van der Waals surface area contributed by atoms with E-state index < -0.39 is 6.10 Å². The number of carbonyl (C=O) groups excluding carboxylic acids is 1. The number of anilines is 1. The molecule has 2 N–H and O–H groups in total. The number of aliphatic hydroxyl groups excluding tert-OH is 1. The molecule has 1 aliphatic rings. The lowest BCUT2D eigenvalue weighted by molar-refractivity contribution is 0.0925. The van der Waals surface area contributed by atoms with Gasteiger partial charge in [-0.2, -0.15) is 5.10 Å². The molecule has 3 aromatic heterocycles. The van der Waals surface area contributed by atoms with Gasteiger partial charge < -0.3 is 15.3 Å². The number of nitrogens with one attached hydrogen (secondary N) is 1. The quantitative estimate of drug-likeness (QED) is 0.695. The summed E-state index contributed by atoms with van der Waals surface area (Å²) in [6.07, 6.45) is 7.27. The second kappa shape index (κ2) is 7.51. The van der Waals surface area contributed by atoms with E-state index in [1.165, 1.54) is 23.0 Å². The van der Waals surface area contributed by atoms with Gasteiger partial charge in [0.05, 0.1) is 24.5 Å². The minimum absolute atomic E-state index is 0.0198. The molecule has 1 fully saturated rings. The fourth-order valence-corrected chi connectivity index (χ4v) is 3.51. The van der Waals surface area contributed by atoms with E-state index in [0.29, 0.717) is 17.0 Å². The molecule has 1 unspecified atom stereocenters. The van der Waals surface area contributed by atoms with Gasteiger partial charge in [0.2, 0.25) is 0 Å². The highest BCUT2D eigenvalue weighted by Gasteiger charge is 2.28. The molecule has 1 aliphatic heterocycles. The molecule has 146 valence electrons. The van der Waals surface area contributed by atoms with Crippen LogP contribution in [0.2, 0.25) is 0 Å². The van der Waals surface area contributed by atoms with Crippen LogP contribution in [0.15, 0.2) is 36.9 Å². The maximum atomic E-state index is 13.6. The van der Waals surface area contributed by atoms with E-state index >= 15 is 0 Å². The third-order valence-corrected chi connectivity index (χ3v) is 4.81. The predicted octanol–water partition coefficient (Wildman–Crippen LogP) is 1.72. The molecular weight excluding hydrogens is 363 g/mol.